The lowest BCUT2D eigenvalue weighted by molar-refractivity contribution is 0.737. The molecule has 2 aromatic carbocycles. The molecule has 108 valence electrons. The van der Waals surface area contributed by atoms with E-state index in [0.717, 1.165) is 24.5 Å². The quantitative estimate of drug-likeness (QED) is 0.838. The van der Waals surface area contributed by atoms with Gasteiger partial charge in [-0.15, -0.1) is 0 Å². The zero-order valence-electron chi connectivity index (χ0n) is 12.0. The third-order valence-electron chi connectivity index (χ3n) is 3.65. The van der Waals surface area contributed by atoms with Crippen LogP contribution in [0.1, 0.15) is 17.5 Å². The van der Waals surface area contributed by atoms with Gasteiger partial charge in [-0.2, -0.15) is 0 Å². The summed E-state index contributed by atoms with van der Waals surface area (Å²) in [7, 11) is 0. The number of benzene rings is 2. The monoisotopic (exact) mass is 315 g/mol. The van der Waals surface area contributed by atoms with E-state index in [4.69, 9.17) is 11.6 Å². The Morgan fingerprint density at radius 1 is 1.10 bits per heavy atom. The molecule has 0 amide bonds. The van der Waals surface area contributed by atoms with E-state index in [1.54, 1.807) is 0 Å². The molecule has 0 fully saturated rings. The Hall–Kier alpha value is -1.22. The van der Waals surface area contributed by atoms with Crippen molar-refractivity contribution in [2.24, 2.45) is 0 Å². The normalized spacial score (nSPS) is 14.9. The fourth-order valence-corrected chi connectivity index (χ4v) is 3.81. The first kappa shape index (κ1) is 14.7. The highest BCUT2D eigenvalue weighted by Gasteiger charge is 2.11. The first-order chi connectivity index (χ1) is 10.2. The fraction of sp³-hybridized carbons (Fsp3) is 0.222. The van der Waals surface area contributed by atoms with Crippen LogP contribution < -0.4 is 5.32 Å². The lowest BCUT2D eigenvalue weighted by Gasteiger charge is -2.17. The van der Waals surface area contributed by atoms with E-state index in [0.29, 0.717) is 0 Å². The molecule has 0 radical (unpaired) electrons. The van der Waals surface area contributed by atoms with E-state index in [9.17, 15) is 0 Å². The minimum absolute atomic E-state index is 0.797. The molecule has 0 bridgehead atoms. The Morgan fingerprint density at radius 2 is 1.95 bits per heavy atom. The van der Waals surface area contributed by atoms with Crippen LogP contribution in [-0.4, -0.2) is 13.1 Å². The van der Waals surface area contributed by atoms with E-state index in [2.05, 4.69) is 48.6 Å². The highest BCUT2D eigenvalue weighted by molar-refractivity contribution is 7.99. The number of aryl methyl sites for hydroxylation is 1. The van der Waals surface area contributed by atoms with Crippen molar-refractivity contribution in [3.63, 3.8) is 0 Å². The minimum Gasteiger partial charge on any atom is -0.313 e. The van der Waals surface area contributed by atoms with Gasteiger partial charge in [-0.1, -0.05) is 47.6 Å². The van der Waals surface area contributed by atoms with Gasteiger partial charge in [0.05, 0.1) is 0 Å². The maximum atomic E-state index is 6.05. The van der Waals surface area contributed by atoms with Gasteiger partial charge in [0.1, 0.15) is 0 Å². The van der Waals surface area contributed by atoms with E-state index < -0.39 is 0 Å². The van der Waals surface area contributed by atoms with Crippen molar-refractivity contribution >= 4 is 28.9 Å². The SMILES string of the molecule is Cc1cc(Cl)ccc1Sc1ccccc1C1=CCNCC1. The van der Waals surface area contributed by atoms with Gasteiger partial charge in [0.2, 0.25) is 0 Å². The molecule has 0 saturated heterocycles. The first-order valence-corrected chi connectivity index (χ1v) is 8.36. The van der Waals surface area contributed by atoms with E-state index in [1.165, 1.54) is 26.5 Å². The van der Waals surface area contributed by atoms with Crippen molar-refractivity contribution in [3.8, 4) is 0 Å². The van der Waals surface area contributed by atoms with Crippen molar-refractivity contribution < 1.29 is 0 Å². The van der Waals surface area contributed by atoms with Gasteiger partial charge in [0.15, 0.2) is 0 Å². The number of rotatable bonds is 3. The summed E-state index contributed by atoms with van der Waals surface area (Å²) < 4.78 is 0. The van der Waals surface area contributed by atoms with Crippen LogP contribution >= 0.6 is 23.4 Å². The van der Waals surface area contributed by atoms with Gasteiger partial charge in [-0.05, 0) is 60.9 Å². The van der Waals surface area contributed by atoms with Crippen LogP contribution in [0.25, 0.3) is 5.57 Å². The number of nitrogens with one attached hydrogen (secondary N) is 1. The van der Waals surface area contributed by atoms with E-state index in [1.807, 2.05) is 23.9 Å². The average molecular weight is 316 g/mol. The molecule has 0 aromatic heterocycles. The van der Waals surface area contributed by atoms with Crippen LogP contribution in [0.3, 0.4) is 0 Å². The van der Waals surface area contributed by atoms with Crippen molar-refractivity contribution in [3.05, 3.63) is 64.7 Å². The molecule has 0 saturated carbocycles. The van der Waals surface area contributed by atoms with Gasteiger partial charge < -0.3 is 5.32 Å². The summed E-state index contributed by atoms with van der Waals surface area (Å²) in [6, 6.07) is 14.8. The Kier molecular flexibility index (Phi) is 4.69. The Bertz CT molecular complexity index is 679. The highest BCUT2D eigenvalue weighted by atomic mass is 35.5. The molecule has 3 rings (SSSR count). The molecule has 1 heterocycles. The van der Waals surface area contributed by atoms with E-state index >= 15 is 0 Å². The average Bonchev–Trinajstić information content (AvgIpc) is 2.51. The molecule has 3 heteroatoms. The first-order valence-electron chi connectivity index (χ1n) is 7.17. The van der Waals surface area contributed by atoms with Crippen LogP contribution in [0.5, 0.6) is 0 Å². The number of hydrogen-bond donors (Lipinski definition) is 1. The summed E-state index contributed by atoms with van der Waals surface area (Å²) in [6.45, 7) is 4.14. The topological polar surface area (TPSA) is 12.0 Å². The molecular formula is C18H18ClNS. The van der Waals surface area contributed by atoms with E-state index in [-0.39, 0.29) is 0 Å². The predicted molar refractivity (Wildman–Crippen MR) is 92.2 cm³/mol. The number of halogens is 1. The van der Waals surface area contributed by atoms with Gasteiger partial charge in [0, 0.05) is 21.4 Å². The molecular weight excluding hydrogens is 298 g/mol. The largest absolute Gasteiger partial charge is 0.313 e. The smallest absolute Gasteiger partial charge is 0.0409 e. The van der Waals surface area contributed by atoms with Crippen molar-refractivity contribution in [1.82, 2.24) is 5.32 Å². The van der Waals surface area contributed by atoms with Crippen LogP contribution in [0, 0.1) is 6.92 Å². The maximum absolute atomic E-state index is 6.05. The van der Waals surface area contributed by atoms with Crippen molar-refractivity contribution in [2.45, 2.75) is 23.1 Å². The van der Waals surface area contributed by atoms with Gasteiger partial charge >= 0.3 is 0 Å². The third-order valence-corrected chi connectivity index (χ3v) is 5.14. The van der Waals surface area contributed by atoms with Crippen LogP contribution in [0.15, 0.2) is 58.3 Å². The molecule has 1 aliphatic heterocycles. The van der Waals surface area contributed by atoms with Crippen LogP contribution in [0.2, 0.25) is 5.02 Å². The Morgan fingerprint density at radius 3 is 2.71 bits per heavy atom. The zero-order chi connectivity index (χ0) is 14.7. The predicted octanol–water partition coefficient (Wildman–Crippen LogP) is 5.18. The van der Waals surface area contributed by atoms with Gasteiger partial charge in [-0.25, -0.2) is 0 Å². The van der Waals surface area contributed by atoms with Crippen LogP contribution in [-0.2, 0) is 0 Å². The summed E-state index contributed by atoms with van der Waals surface area (Å²) in [5.41, 5.74) is 4.03. The molecule has 0 unspecified atom stereocenters. The van der Waals surface area contributed by atoms with Gasteiger partial charge in [-0.3, -0.25) is 0 Å². The second-order valence-corrected chi connectivity index (χ2v) is 6.71. The summed E-state index contributed by atoms with van der Waals surface area (Å²) in [6.07, 6.45) is 3.40. The summed E-state index contributed by atoms with van der Waals surface area (Å²) in [5.74, 6) is 0. The summed E-state index contributed by atoms with van der Waals surface area (Å²) >= 11 is 7.87. The van der Waals surface area contributed by atoms with Crippen molar-refractivity contribution in [2.75, 3.05) is 13.1 Å². The maximum Gasteiger partial charge on any atom is 0.0409 e. The lowest BCUT2D eigenvalue weighted by Crippen LogP contribution is -2.20. The molecule has 0 aliphatic carbocycles. The summed E-state index contributed by atoms with van der Waals surface area (Å²) in [4.78, 5) is 2.58. The summed E-state index contributed by atoms with van der Waals surface area (Å²) in [5, 5.41) is 4.17. The molecule has 1 aliphatic rings. The third kappa shape index (κ3) is 3.52. The molecule has 1 N–H and O–H groups in total. The molecule has 0 atom stereocenters. The zero-order valence-corrected chi connectivity index (χ0v) is 13.6. The number of hydrogen-bond acceptors (Lipinski definition) is 2. The van der Waals surface area contributed by atoms with Gasteiger partial charge in [0.25, 0.3) is 0 Å². The molecule has 2 aromatic rings. The Labute approximate surface area is 135 Å². The highest BCUT2D eigenvalue weighted by Crippen LogP contribution is 2.37. The van der Waals surface area contributed by atoms with Crippen molar-refractivity contribution in [1.29, 1.82) is 0 Å². The molecule has 1 nitrogen and oxygen atoms in total. The standard InChI is InChI=1S/C18H18ClNS/c1-13-12-15(19)6-7-17(13)21-18-5-3-2-4-16(18)14-8-10-20-11-9-14/h2-8,12,20H,9-11H2,1H3. The molecule has 21 heavy (non-hydrogen) atoms. The Balaban J connectivity index is 1.93. The second kappa shape index (κ2) is 6.69. The fourth-order valence-electron chi connectivity index (χ4n) is 2.53. The lowest BCUT2D eigenvalue weighted by atomic mass is 10.0. The minimum atomic E-state index is 0.797. The molecule has 0 spiro atoms. The second-order valence-electron chi connectivity index (χ2n) is 5.19. The van der Waals surface area contributed by atoms with Crippen LogP contribution in [0.4, 0.5) is 0 Å².